The van der Waals surface area contributed by atoms with Gasteiger partial charge in [0.15, 0.2) is 0 Å². The molecular formula is C16H36N2. The minimum atomic E-state index is 0.484. The molecule has 1 atom stereocenters. The quantitative estimate of drug-likeness (QED) is 0.737. The van der Waals surface area contributed by atoms with E-state index < -0.39 is 0 Å². The molecule has 1 aliphatic heterocycles. The van der Waals surface area contributed by atoms with Crippen molar-refractivity contribution in [2.75, 3.05) is 33.2 Å². The van der Waals surface area contributed by atoms with Gasteiger partial charge < -0.3 is 4.90 Å². The summed E-state index contributed by atoms with van der Waals surface area (Å²) >= 11 is 0. The van der Waals surface area contributed by atoms with Gasteiger partial charge in [0.1, 0.15) is 0 Å². The Balaban J connectivity index is 0.00000137. The van der Waals surface area contributed by atoms with Crippen molar-refractivity contribution in [3.8, 4) is 0 Å². The Morgan fingerprint density at radius 1 is 1.11 bits per heavy atom. The molecule has 0 aromatic heterocycles. The average Bonchev–Trinajstić information content (AvgIpc) is 2.33. The molecule has 0 bridgehead atoms. The molecule has 110 valence electrons. The Kier molecular flexibility index (Phi) is 8.89. The highest BCUT2D eigenvalue weighted by Gasteiger charge is 2.28. The summed E-state index contributed by atoms with van der Waals surface area (Å²) in [5, 5.41) is 0. The third kappa shape index (κ3) is 6.19. The molecule has 1 fully saturated rings. The summed E-state index contributed by atoms with van der Waals surface area (Å²) in [6.45, 7) is 18.5. The predicted octanol–water partition coefficient (Wildman–Crippen LogP) is 3.86. The van der Waals surface area contributed by atoms with Crippen LogP contribution in [0.4, 0.5) is 0 Å². The van der Waals surface area contributed by atoms with Gasteiger partial charge in [0, 0.05) is 32.2 Å². The number of hydrogen-bond acceptors (Lipinski definition) is 2. The fourth-order valence-electron chi connectivity index (χ4n) is 2.95. The highest BCUT2D eigenvalue weighted by Crippen LogP contribution is 2.26. The summed E-state index contributed by atoms with van der Waals surface area (Å²) in [5.41, 5.74) is 0.484. The van der Waals surface area contributed by atoms with Crippen LogP contribution in [-0.2, 0) is 0 Å². The van der Waals surface area contributed by atoms with Gasteiger partial charge in [-0.25, -0.2) is 0 Å². The fraction of sp³-hybridized carbons (Fsp3) is 1.00. The van der Waals surface area contributed by atoms with Crippen LogP contribution in [0.25, 0.3) is 0 Å². The molecule has 1 aliphatic rings. The Morgan fingerprint density at radius 3 is 2.22 bits per heavy atom. The molecule has 1 heterocycles. The van der Waals surface area contributed by atoms with Crippen molar-refractivity contribution in [3.05, 3.63) is 0 Å². The molecule has 0 radical (unpaired) electrons. The van der Waals surface area contributed by atoms with Crippen LogP contribution in [0.5, 0.6) is 0 Å². The highest BCUT2D eigenvalue weighted by atomic mass is 15.3. The first-order valence-corrected chi connectivity index (χ1v) is 7.91. The van der Waals surface area contributed by atoms with E-state index in [1.165, 1.54) is 45.4 Å². The van der Waals surface area contributed by atoms with Crippen LogP contribution in [0.15, 0.2) is 0 Å². The molecule has 0 aromatic carbocycles. The van der Waals surface area contributed by atoms with E-state index in [1.807, 2.05) is 13.8 Å². The summed E-state index contributed by atoms with van der Waals surface area (Å²) in [6, 6.07) is 0.773. The lowest BCUT2D eigenvalue weighted by Gasteiger charge is -2.43. The van der Waals surface area contributed by atoms with Crippen molar-refractivity contribution in [1.29, 1.82) is 0 Å². The van der Waals surface area contributed by atoms with Crippen LogP contribution >= 0.6 is 0 Å². The van der Waals surface area contributed by atoms with Gasteiger partial charge in [0.25, 0.3) is 0 Å². The van der Waals surface area contributed by atoms with E-state index in [0.29, 0.717) is 5.41 Å². The molecular weight excluding hydrogens is 220 g/mol. The van der Waals surface area contributed by atoms with Crippen molar-refractivity contribution in [3.63, 3.8) is 0 Å². The summed E-state index contributed by atoms with van der Waals surface area (Å²) in [4.78, 5) is 5.19. The topological polar surface area (TPSA) is 6.48 Å². The lowest BCUT2D eigenvalue weighted by molar-refractivity contribution is 0.0521. The van der Waals surface area contributed by atoms with E-state index >= 15 is 0 Å². The number of likely N-dealkylation sites (N-methyl/N-ethyl adjacent to an activating group) is 1. The van der Waals surface area contributed by atoms with Gasteiger partial charge in [-0.1, -0.05) is 48.0 Å². The van der Waals surface area contributed by atoms with Crippen LogP contribution in [0.2, 0.25) is 0 Å². The van der Waals surface area contributed by atoms with Gasteiger partial charge in [0.05, 0.1) is 0 Å². The molecule has 0 N–H and O–H groups in total. The number of hydrogen-bond donors (Lipinski definition) is 0. The minimum absolute atomic E-state index is 0.484. The van der Waals surface area contributed by atoms with Crippen LogP contribution in [-0.4, -0.2) is 49.1 Å². The fourth-order valence-corrected chi connectivity index (χ4v) is 2.95. The van der Waals surface area contributed by atoms with Crippen molar-refractivity contribution < 1.29 is 0 Å². The minimum Gasteiger partial charge on any atom is -0.304 e. The van der Waals surface area contributed by atoms with Crippen LogP contribution < -0.4 is 0 Å². The largest absolute Gasteiger partial charge is 0.304 e. The maximum atomic E-state index is 2.72. The van der Waals surface area contributed by atoms with E-state index in [9.17, 15) is 0 Å². The predicted molar refractivity (Wildman–Crippen MR) is 83.2 cm³/mol. The van der Waals surface area contributed by atoms with Gasteiger partial charge in [0.2, 0.25) is 0 Å². The Hall–Kier alpha value is -0.0800. The summed E-state index contributed by atoms with van der Waals surface area (Å²) in [7, 11) is 2.25. The monoisotopic (exact) mass is 256 g/mol. The Morgan fingerprint density at radius 2 is 1.72 bits per heavy atom. The highest BCUT2D eigenvalue weighted by molar-refractivity contribution is 4.83. The molecule has 0 amide bonds. The van der Waals surface area contributed by atoms with Gasteiger partial charge in [-0.3, -0.25) is 4.90 Å². The molecule has 18 heavy (non-hydrogen) atoms. The normalized spacial score (nSPS) is 22.5. The first-order valence-electron chi connectivity index (χ1n) is 7.91. The van der Waals surface area contributed by atoms with Crippen LogP contribution in [0.3, 0.4) is 0 Å². The second-order valence-electron chi connectivity index (χ2n) is 6.21. The third-order valence-corrected chi connectivity index (χ3v) is 3.84. The van der Waals surface area contributed by atoms with Gasteiger partial charge in [-0.2, -0.15) is 0 Å². The van der Waals surface area contributed by atoms with Crippen molar-refractivity contribution in [2.24, 2.45) is 5.41 Å². The maximum absolute atomic E-state index is 2.72. The van der Waals surface area contributed by atoms with Gasteiger partial charge in [-0.15, -0.1) is 0 Å². The lowest BCUT2D eigenvalue weighted by Crippen LogP contribution is -2.53. The SMILES string of the molecule is CC.CCCC(C)(C)CN1CCN(C)CC1CC. The van der Waals surface area contributed by atoms with E-state index in [0.717, 1.165) is 6.04 Å². The maximum Gasteiger partial charge on any atom is 0.0221 e. The van der Waals surface area contributed by atoms with Crippen molar-refractivity contribution in [2.45, 2.75) is 66.8 Å². The molecule has 1 rings (SSSR count). The second kappa shape index (κ2) is 8.92. The first kappa shape index (κ1) is 17.9. The molecule has 0 aliphatic carbocycles. The molecule has 1 unspecified atom stereocenters. The summed E-state index contributed by atoms with van der Waals surface area (Å²) < 4.78 is 0. The molecule has 1 saturated heterocycles. The summed E-state index contributed by atoms with van der Waals surface area (Å²) in [6.07, 6.45) is 3.93. The number of rotatable bonds is 5. The van der Waals surface area contributed by atoms with Gasteiger partial charge >= 0.3 is 0 Å². The Labute approximate surface area is 116 Å². The lowest BCUT2D eigenvalue weighted by atomic mass is 9.86. The Bertz CT molecular complexity index is 201. The van der Waals surface area contributed by atoms with E-state index in [-0.39, 0.29) is 0 Å². The molecule has 0 spiro atoms. The first-order chi connectivity index (χ1) is 8.48. The molecule has 2 heteroatoms. The zero-order chi connectivity index (χ0) is 14.2. The van der Waals surface area contributed by atoms with Crippen LogP contribution in [0.1, 0.15) is 60.8 Å². The van der Waals surface area contributed by atoms with E-state index in [4.69, 9.17) is 0 Å². The second-order valence-corrected chi connectivity index (χ2v) is 6.21. The number of piperazine rings is 1. The van der Waals surface area contributed by atoms with Crippen LogP contribution in [0, 0.1) is 5.41 Å². The zero-order valence-corrected chi connectivity index (χ0v) is 13.9. The van der Waals surface area contributed by atoms with Gasteiger partial charge in [-0.05, 0) is 25.3 Å². The van der Waals surface area contributed by atoms with E-state index in [1.54, 1.807) is 0 Å². The summed E-state index contributed by atoms with van der Waals surface area (Å²) in [5.74, 6) is 0. The van der Waals surface area contributed by atoms with Crippen molar-refractivity contribution >= 4 is 0 Å². The zero-order valence-electron chi connectivity index (χ0n) is 13.9. The molecule has 2 nitrogen and oxygen atoms in total. The van der Waals surface area contributed by atoms with Crippen molar-refractivity contribution in [1.82, 2.24) is 9.80 Å². The number of nitrogens with zero attached hydrogens (tertiary/aromatic N) is 2. The average molecular weight is 256 g/mol. The molecule has 0 saturated carbocycles. The van der Waals surface area contributed by atoms with E-state index in [2.05, 4.69) is 44.5 Å². The smallest absolute Gasteiger partial charge is 0.0221 e. The standard InChI is InChI=1S/C14H30N2.C2H6/c1-6-8-14(3,4)12-16-10-9-15(5)11-13(16)7-2;1-2/h13H,6-12H2,1-5H3;1-2H3. The third-order valence-electron chi connectivity index (χ3n) is 3.84. The molecule has 0 aromatic rings.